The number of rotatable bonds is 9. The van der Waals surface area contributed by atoms with E-state index in [1.165, 1.54) is 18.2 Å². The fourth-order valence-electron chi connectivity index (χ4n) is 3.94. The van der Waals surface area contributed by atoms with Crippen LogP contribution >= 0.6 is 0 Å². The normalized spacial score (nSPS) is 13.6. The Hall–Kier alpha value is -4.73. The lowest BCUT2D eigenvalue weighted by Crippen LogP contribution is -2.22. The maximum absolute atomic E-state index is 14.1. The molecule has 0 spiro atoms. The van der Waals surface area contributed by atoms with Crippen molar-refractivity contribution >= 4 is 29.1 Å². The lowest BCUT2D eigenvalue weighted by Gasteiger charge is -2.25. The summed E-state index contributed by atoms with van der Waals surface area (Å²) in [5, 5.41) is 15.0. The van der Waals surface area contributed by atoms with E-state index in [1.54, 1.807) is 48.5 Å². The van der Waals surface area contributed by atoms with Crippen molar-refractivity contribution in [2.45, 2.75) is 25.9 Å². The van der Waals surface area contributed by atoms with E-state index in [1.807, 2.05) is 6.92 Å². The Morgan fingerprint density at radius 2 is 1.89 bits per heavy atom. The number of halogens is 1. The molecule has 1 aliphatic rings. The summed E-state index contributed by atoms with van der Waals surface area (Å²) in [5.41, 5.74) is 7.65. The number of hydrogen-bond acceptors (Lipinski definition) is 7. The summed E-state index contributed by atoms with van der Waals surface area (Å²) in [7, 11) is 0. The molecule has 38 heavy (non-hydrogen) atoms. The first-order chi connectivity index (χ1) is 18.3. The van der Waals surface area contributed by atoms with Gasteiger partial charge < -0.3 is 30.4 Å². The number of nitrogen functional groups attached to an aromatic ring is 1. The number of fused-ring (bicyclic) bond motifs is 1. The number of para-hydroxylation sites is 2. The highest BCUT2D eigenvalue weighted by Crippen LogP contribution is 2.35. The zero-order valence-corrected chi connectivity index (χ0v) is 20.6. The Kier molecular flexibility index (Phi) is 8.32. The minimum Gasteiger partial charge on any atom is -0.505 e. The number of phenols is 1. The molecular formula is C28H28FN3O6. The van der Waals surface area contributed by atoms with Gasteiger partial charge in [0.1, 0.15) is 6.10 Å². The van der Waals surface area contributed by atoms with E-state index in [0.29, 0.717) is 47.0 Å². The van der Waals surface area contributed by atoms with Crippen LogP contribution in [-0.4, -0.2) is 23.9 Å². The van der Waals surface area contributed by atoms with Gasteiger partial charge in [0.15, 0.2) is 23.1 Å². The third-order valence-corrected chi connectivity index (χ3v) is 5.95. The summed E-state index contributed by atoms with van der Waals surface area (Å²) < 4.78 is 30.4. The maximum Gasteiger partial charge on any atom is 0.412 e. The van der Waals surface area contributed by atoms with Crippen LogP contribution in [0.25, 0.3) is 0 Å². The Morgan fingerprint density at radius 3 is 2.68 bits per heavy atom. The zero-order valence-electron chi connectivity index (χ0n) is 20.6. The molecule has 2 atom stereocenters. The number of hydrogen-bond donors (Lipinski definition) is 4. The molecule has 0 unspecified atom stereocenters. The van der Waals surface area contributed by atoms with Crippen LogP contribution in [0.1, 0.15) is 31.4 Å². The van der Waals surface area contributed by atoms with Gasteiger partial charge >= 0.3 is 6.09 Å². The number of allylic oxidation sites excluding steroid dienone is 1. The van der Waals surface area contributed by atoms with Crippen molar-refractivity contribution in [2.24, 2.45) is 5.92 Å². The SMILES string of the molecule is C[C@H](CC/C=C/C(=O)Nc1ccccc1N)[C@@H](OC(=O)Nc1ccc2c(c1)OCO2)c1ccc(O)c(F)c1. The number of amides is 2. The summed E-state index contributed by atoms with van der Waals surface area (Å²) in [6.07, 6.45) is 2.54. The number of carbonyl (C=O) groups is 2. The first kappa shape index (κ1) is 26.3. The number of benzene rings is 3. The first-order valence-corrected chi connectivity index (χ1v) is 12.0. The summed E-state index contributed by atoms with van der Waals surface area (Å²) >= 11 is 0. The molecule has 0 aromatic heterocycles. The molecule has 3 aromatic carbocycles. The molecule has 0 fully saturated rings. The average Bonchev–Trinajstić information content (AvgIpc) is 3.36. The summed E-state index contributed by atoms with van der Waals surface area (Å²) in [4.78, 5) is 25.0. The van der Waals surface area contributed by atoms with Crippen LogP contribution in [0.3, 0.4) is 0 Å². The minimum absolute atomic E-state index is 0.103. The summed E-state index contributed by atoms with van der Waals surface area (Å²) in [6, 6.07) is 15.7. The molecule has 198 valence electrons. The second kappa shape index (κ2) is 12.0. The van der Waals surface area contributed by atoms with Gasteiger partial charge in [0.25, 0.3) is 0 Å². The van der Waals surface area contributed by atoms with Crippen LogP contribution in [0.4, 0.5) is 26.2 Å². The number of ether oxygens (including phenoxy) is 3. The molecule has 10 heteroatoms. The van der Waals surface area contributed by atoms with E-state index in [9.17, 15) is 19.1 Å². The minimum atomic E-state index is -0.828. The predicted octanol–water partition coefficient (Wildman–Crippen LogP) is 5.74. The zero-order chi connectivity index (χ0) is 27.1. The van der Waals surface area contributed by atoms with Crippen molar-refractivity contribution in [3.05, 3.63) is 84.2 Å². The van der Waals surface area contributed by atoms with E-state index < -0.39 is 23.8 Å². The van der Waals surface area contributed by atoms with Crippen molar-refractivity contribution in [3.8, 4) is 17.2 Å². The highest BCUT2D eigenvalue weighted by Gasteiger charge is 2.25. The summed E-state index contributed by atoms with van der Waals surface area (Å²) in [6.45, 7) is 1.95. The van der Waals surface area contributed by atoms with Crippen molar-refractivity contribution < 1.29 is 33.3 Å². The Labute approximate surface area is 219 Å². The Morgan fingerprint density at radius 1 is 1.11 bits per heavy atom. The number of phenolic OH excluding ortho intramolecular Hbond substituents is 1. The van der Waals surface area contributed by atoms with Crippen LogP contribution in [0.15, 0.2) is 72.8 Å². The second-order valence-electron chi connectivity index (χ2n) is 8.76. The van der Waals surface area contributed by atoms with Crippen LogP contribution in [0.2, 0.25) is 0 Å². The van der Waals surface area contributed by atoms with E-state index in [4.69, 9.17) is 19.9 Å². The van der Waals surface area contributed by atoms with E-state index in [2.05, 4.69) is 10.6 Å². The summed E-state index contributed by atoms with van der Waals surface area (Å²) in [5.74, 6) is -0.844. The van der Waals surface area contributed by atoms with Crippen molar-refractivity contribution in [1.29, 1.82) is 0 Å². The first-order valence-electron chi connectivity index (χ1n) is 12.0. The predicted molar refractivity (Wildman–Crippen MR) is 140 cm³/mol. The lowest BCUT2D eigenvalue weighted by atomic mass is 9.93. The largest absolute Gasteiger partial charge is 0.505 e. The van der Waals surface area contributed by atoms with Crippen LogP contribution < -0.4 is 25.8 Å². The molecule has 4 rings (SSSR count). The smallest absolute Gasteiger partial charge is 0.412 e. The van der Waals surface area contributed by atoms with Crippen LogP contribution in [0.5, 0.6) is 17.2 Å². The fraction of sp³-hybridized carbons (Fsp3) is 0.214. The fourth-order valence-corrected chi connectivity index (χ4v) is 3.94. The number of anilines is 3. The Bertz CT molecular complexity index is 1350. The maximum atomic E-state index is 14.1. The van der Waals surface area contributed by atoms with Crippen molar-refractivity contribution in [2.75, 3.05) is 23.2 Å². The Balaban J connectivity index is 1.39. The van der Waals surface area contributed by atoms with Crippen molar-refractivity contribution in [3.63, 3.8) is 0 Å². The van der Waals surface area contributed by atoms with Crippen LogP contribution in [-0.2, 0) is 9.53 Å². The number of aromatic hydroxyl groups is 1. The molecule has 1 aliphatic heterocycles. The van der Waals surface area contributed by atoms with Gasteiger partial charge in [0.05, 0.1) is 11.4 Å². The molecule has 0 saturated heterocycles. The second-order valence-corrected chi connectivity index (χ2v) is 8.76. The lowest BCUT2D eigenvalue weighted by molar-refractivity contribution is -0.111. The quantitative estimate of drug-likeness (QED) is 0.208. The monoisotopic (exact) mass is 521 g/mol. The third kappa shape index (κ3) is 6.73. The molecule has 0 bridgehead atoms. The van der Waals surface area contributed by atoms with Crippen LogP contribution in [0, 0.1) is 11.7 Å². The van der Waals surface area contributed by atoms with Gasteiger partial charge in [0, 0.05) is 11.8 Å². The standard InChI is InChI=1S/C28H28FN3O6/c1-17(6-2-5-9-26(34)32-22-8-4-3-7-21(22)30)27(18-10-12-23(33)20(29)14-18)38-28(35)31-19-11-13-24-25(15-19)37-16-36-24/h3-5,7-15,17,27,33H,2,6,16,30H2,1H3,(H,31,35)(H,32,34)/b9-5+/t17-,27-/m1/s1. The van der Waals surface area contributed by atoms with Gasteiger partial charge in [-0.3, -0.25) is 10.1 Å². The molecule has 2 amide bonds. The molecule has 5 N–H and O–H groups in total. The highest BCUT2D eigenvalue weighted by atomic mass is 19.1. The molecule has 0 aliphatic carbocycles. The molecule has 3 aromatic rings. The van der Waals surface area contributed by atoms with E-state index >= 15 is 0 Å². The number of nitrogens with two attached hydrogens (primary N) is 1. The molecule has 1 heterocycles. The van der Waals surface area contributed by atoms with Gasteiger partial charge in [0.2, 0.25) is 12.7 Å². The van der Waals surface area contributed by atoms with E-state index in [-0.39, 0.29) is 18.6 Å². The average molecular weight is 522 g/mol. The molecular weight excluding hydrogens is 493 g/mol. The van der Waals surface area contributed by atoms with E-state index in [0.717, 1.165) is 6.07 Å². The molecule has 0 radical (unpaired) electrons. The van der Waals surface area contributed by atoms with Crippen molar-refractivity contribution in [1.82, 2.24) is 0 Å². The molecule has 9 nitrogen and oxygen atoms in total. The van der Waals surface area contributed by atoms with Gasteiger partial charge in [-0.1, -0.05) is 31.2 Å². The van der Waals surface area contributed by atoms with Gasteiger partial charge in [-0.15, -0.1) is 0 Å². The topological polar surface area (TPSA) is 132 Å². The third-order valence-electron chi connectivity index (χ3n) is 5.95. The van der Waals surface area contributed by atoms with Gasteiger partial charge in [-0.25, -0.2) is 9.18 Å². The highest BCUT2D eigenvalue weighted by molar-refractivity contribution is 6.01. The number of carbonyl (C=O) groups excluding carboxylic acids is 2. The van der Waals surface area contributed by atoms with Gasteiger partial charge in [-0.05, 0) is 66.8 Å². The molecule has 0 saturated carbocycles. The van der Waals surface area contributed by atoms with Gasteiger partial charge in [-0.2, -0.15) is 0 Å². The number of nitrogens with one attached hydrogen (secondary N) is 2.